The first-order valence-corrected chi connectivity index (χ1v) is 8.66. The summed E-state index contributed by atoms with van der Waals surface area (Å²) >= 11 is 0. The van der Waals surface area contributed by atoms with Gasteiger partial charge in [0, 0.05) is 31.5 Å². The van der Waals surface area contributed by atoms with Gasteiger partial charge in [0.2, 0.25) is 5.91 Å². The molecule has 2 heterocycles. The highest BCUT2D eigenvalue weighted by atomic mass is 16.2. The maximum atomic E-state index is 12.1. The molecular weight excluding hydrogens is 304 g/mol. The summed E-state index contributed by atoms with van der Waals surface area (Å²) in [6.45, 7) is 8.95. The summed E-state index contributed by atoms with van der Waals surface area (Å²) in [5, 5.41) is 6.02. The van der Waals surface area contributed by atoms with Crippen LogP contribution in [0, 0.1) is 5.92 Å². The summed E-state index contributed by atoms with van der Waals surface area (Å²) in [7, 11) is 1.91. The number of amides is 2. The second-order valence-electron chi connectivity index (χ2n) is 7.79. The number of aromatic nitrogens is 1. The van der Waals surface area contributed by atoms with Gasteiger partial charge in [0.15, 0.2) is 0 Å². The molecule has 0 atom stereocenters. The van der Waals surface area contributed by atoms with E-state index in [4.69, 9.17) is 0 Å². The van der Waals surface area contributed by atoms with Crippen LogP contribution in [0.3, 0.4) is 0 Å². The minimum atomic E-state index is -0.183. The van der Waals surface area contributed by atoms with Gasteiger partial charge in [-0.1, -0.05) is 0 Å². The van der Waals surface area contributed by atoms with Crippen LogP contribution in [0.4, 0.5) is 0 Å². The first-order valence-electron chi connectivity index (χ1n) is 8.66. The molecule has 1 aliphatic heterocycles. The number of nitrogens with one attached hydrogen (secondary N) is 2. The van der Waals surface area contributed by atoms with E-state index in [1.54, 1.807) is 0 Å². The molecule has 6 heteroatoms. The Labute approximate surface area is 144 Å². The van der Waals surface area contributed by atoms with Gasteiger partial charge in [0.05, 0.1) is 12.1 Å². The first-order chi connectivity index (χ1) is 11.2. The summed E-state index contributed by atoms with van der Waals surface area (Å²) in [5.41, 5.74) is 0.519. The zero-order valence-corrected chi connectivity index (χ0v) is 15.3. The fourth-order valence-corrected chi connectivity index (χ4v) is 2.99. The standard InChI is InChI=1S/C18H30N4O2/c1-18(2,3)20-16(23)13-22-9-5-14(6-10-22)11-19-17(24)15-7-8-21(4)12-15/h7-8,12,14H,5-6,9-11,13H2,1-4H3,(H,19,24)(H,20,23). The van der Waals surface area contributed by atoms with Gasteiger partial charge in [0.25, 0.3) is 5.91 Å². The average Bonchev–Trinajstić information content (AvgIpc) is 2.91. The van der Waals surface area contributed by atoms with Crippen LogP contribution >= 0.6 is 0 Å². The second kappa shape index (κ2) is 7.83. The van der Waals surface area contributed by atoms with Gasteiger partial charge >= 0.3 is 0 Å². The molecule has 1 aromatic rings. The summed E-state index contributed by atoms with van der Waals surface area (Å²) in [6.07, 6.45) is 5.72. The summed E-state index contributed by atoms with van der Waals surface area (Å²) in [6, 6.07) is 1.83. The van der Waals surface area contributed by atoms with E-state index in [2.05, 4.69) is 15.5 Å². The molecule has 1 saturated heterocycles. The summed E-state index contributed by atoms with van der Waals surface area (Å²) in [4.78, 5) is 26.2. The van der Waals surface area contributed by atoms with Crippen molar-refractivity contribution in [1.29, 1.82) is 0 Å². The molecule has 2 rings (SSSR count). The van der Waals surface area contributed by atoms with Crippen LogP contribution in [0.1, 0.15) is 44.0 Å². The maximum Gasteiger partial charge on any atom is 0.252 e. The van der Waals surface area contributed by atoms with Crippen molar-refractivity contribution < 1.29 is 9.59 Å². The third-order valence-electron chi connectivity index (χ3n) is 4.23. The molecule has 0 unspecified atom stereocenters. The predicted molar refractivity (Wildman–Crippen MR) is 94.8 cm³/mol. The Kier molecular flexibility index (Phi) is 6.04. The van der Waals surface area contributed by atoms with Gasteiger partial charge < -0.3 is 15.2 Å². The number of carbonyl (C=O) groups excluding carboxylic acids is 2. The van der Waals surface area contributed by atoms with E-state index in [-0.39, 0.29) is 17.4 Å². The number of aryl methyl sites for hydroxylation is 1. The lowest BCUT2D eigenvalue weighted by Gasteiger charge is -2.32. The fraction of sp³-hybridized carbons (Fsp3) is 0.667. The SMILES string of the molecule is Cn1ccc(C(=O)NCC2CCN(CC(=O)NC(C)(C)C)CC2)c1. The number of hydrogen-bond acceptors (Lipinski definition) is 3. The van der Waals surface area contributed by atoms with Crippen LogP contribution in [-0.4, -0.2) is 53.0 Å². The zero-order chi connectivity index (χ0) is 17.7. The Morgan fingerprint density at radius 1 is 1.25 bits per heavy atom. The van der Waals surface area contributed by atoms with E-state index in [0.717, 1.165) is 25.9 Å². The van der Waals surface area contributed by atoms with Crippen LogP contribution in [-0.2, 0) is 11.8 Å². The number of carbonyl (C=O) groups is 2. The van der Waals surface area contributed by atoms with Gasteiger partial charge in [-0.05, 0) is 58.7 Å². The third kappa shape index (κ3) is 6.00. The van der Waals surface area contributed by atoms with Gasteiger partial charge in [-0.15, -0.1) is 0 Å². The van der Waals surface area contributed by atoms with E-state index in [9.17, 15) is 9.59 Å². The molecule has 134 valence electrons. The van der Waals surface area contributed by atoms with Crippen LogP contribution in [0.25, 0.3) is 0 Å². The molecule has 2 N–H and O–H groups in total. The summed E-state index contributed by atoms with van der Waals surface area (Å²) in [5.74, 6) is 0.556. The van der Waals surface area contributed by atoms with Crippen LogP contribution in [0.5, 0.6) is 0 Å². The van der Waals surface area contributed by atoms with Crippen molar-refractivity contribution in [2.75, 3.05) is 26.2 Å². The second-order valence-corrected chi connectivity index (χ2v) is 7.79. The average molecular weight is 334 g/mol. The largest absolute Gasteiger partial charge is 0.356 e. The molecule has 6 nitrogen and oxygen atoms in total. The molecule has 0 aromatic carbocycles. The monoisotopic (exact) mass is 334 g/mol. The van der Waals surface area contributed by atoms with Gasteiger partial charge in [-0.3, -0.25) is 14.5 Å². The smallest absolute Gasteiger partial charge is 0.252 e. The Morgan fingerprint density at radius 3 is 2.46 bits per heavy atom. The zero-order valence-electron chi connectivity index (χ0n) is 15.3. The van der Waals surface area contributed by atoms with Crippen molar-refractivity contribution in [3.8, 4) is 0 Å². The number of likely N-dealkylation sites (tertiary alicyclic amines) is 1. The molecule has 0 radical (unpaired) electrons. The number of rotatable bonds is 5. The number of piperidine rings is 1. The highest BCUT2D eigenvalue weighted by molar-refractivity contribution is 5.93. The van der Waals surface area contributed by atoms with Gasteiger partial charge in [0.1, 0.15) is 0 Å². The number of nitrogens with zero attached hydrogens (tertiary/aromatic N) is 2. The van der Waals surface area contributed by atoms with Crippen molar-refractivity contribution in [1.82, 2.24) is 20.1 Å². The quantitative estimate of drug-likeness (QED) is 0.855. The molecule has 1 fully saturated rings. The van der Waals surface area contributed by atoms with Crippen molar-refractivity contribution in [3.05, 3.63) is 24.0 Å². The molecule has 24 heavy (non-hydrogen) atoms. The number of hydrogen-bond donors (Lipinski definition) is 2. The van der Waals surface area contributed by atoms with Crippen molar-refractivity contribution in [3.63, 3.8) is 0 Å². The molecule has 1 aromatic heterocycles. The molecule has 0 spiro atoms. The fourth-order valence-electron chi connectivity index (χ4n) is 2.99. The van der Waals surface area contributed by atoms with E-state index in [1.165, 1.54) is 0 Å². The van der Waals surface area contributed by atoms with E-state index in [0.29, 0.717) is 24.6 Å². The van der Waals surface area contributed by atoms with E-state index < -0.39 is 0 Å². The van der Waals surface area contributed by atoms with E-state index in [1.807, 2.05) is 50.8 Å². The predicted octanol–water partition coefficient (Wildman–Crippen LogP) is 1.38. The Bertz CT molecular complexity index is 566. The van der Waals surface area contributed by atoms with E-state index >= 15 is 0 Å². The Hall–Kier alpha value is -1.82. The third-order valence-corrected chi connectivity index (χ3v) is 4.23. The molecule has 0 bridgehead atoms. The lowest BCUT2D eigenvalue weighted by Crippen LogP contribution is -2.48. The van der Waals surface area contributed by atoms with Crippen LogP contribution in [0.15, 0.2) is 18.5 Å². The Morgan fingerprint density at radius 2 is 1.92 bits per heavy atom. The van der Waals surface area contributed by atoms with Gasteiger partial charge in [-0.2, -0.15) is 0 Å². The van der Waals surface area contributed by atoms with Crippen LogP contribution in [0.2, 0.25) is 0 Å². The molecular formula is C18H30N4O2. The molecule has 2 amide bonds. The first kappa shape index (κ1) is 18.5. The maximum absolute atomic E-state index is 12.1. The van der Waals surface area contributed by atoms with Crippen LogP contribution < -0.4 is 10.6 Å². The molecule has 0 aliphatic carbocycles. The van der Waals surface area contributed by atoms with Crippen molar-refractivity contribution in [2.24, 2.45) is 13.0 Å². The highest BCUT2D eigenvalue weighted by Crippen LogP contribution is 2.16. The molecule has 0 saturated carbocycles. The lowest BCUT2D eigenvalue weighted by atomic mass is 9.96. The minimum Gasteiger partial charge on any atom is -0.356 e. The Balaban J connectivity index is 1.67. The molecule has 1 aliphatic rings. The van der Waals surface area contributed by atoms with Crippen molar-refractivity contribution in [2.45, 2.75) is 39.2 Å². The highest BCUT2D eigenvalue weighted by Gasteiger charge is 2.23. The normalized spacial score (nSPS) is 16.8. The minimum absolute atomic E-state index is 0.0115. The lowest BCUT2D eigenvalue weighted by molar-refractivity contribution is -0.124. The van der Waals surface area contributed by atoms with Crippen molar-refractivity contribution >= 4 is 11.8 Å². The topological polar surface area (TPSA) is 66.4 Å². The van der Waals surface area contributed by atoms with Gasteiger partial charge in [-0.25, -0.2) is 0 Å². The summed E-state index contributed by atoms with van der Waals surface area (Å²) < 4.78 is 1.87.